The molecule has 0 bridgehead atoms. The average Bonchev–Trinajstić information content (AvgIpc) is 2.90. The minimum atomic E-state index is -2.93. The van der Waals surface area contributed by atoms with Crippen LogP contribution >= 0.6 is 30.1 Å². The SMILES string of the molecule is CCOP(=S)(OCC)Oc1nnc(SC)n1-c1cccc(Cl)c1. The van der Waals surface area contributed by atoms with Crippen LogP contribution in [0.25, 0.3) is 5.69 Å². The molecule has 10 heteroatoms. The molecule has 0 atom stereocenters. The molecule has 0 saturated carbocycles. The van der Waals surface area contributed by atoms with Crippen LogP contribution in [-0.2, 0) is 20.9 Å². The monoisotopic (exact) mass is 393 g/mol. The first-order valence-electron chi connectivity index (χ1n) is 6.87. The molecule has 0 aliphatic rings. The van der Waals surface area contributed by atoms with Crippen molar-refractivity contribution in [3.63, 3.8) is 0 Å². The Morgan fingerprint density at radius 3 is 2.52 bits per heavy atom. The van der Waals surface area contributed by atoms with Crippen LogP contribution in [0.15, 0.2) is 29.4 Å². The van der Waals surface area contributed by atoms with Gasteiger partial charge in [0.2, 0.25) is 0 Å². The summed E-state index contributed by atoms with van der Waals surface area (Å²) in [6, 6.07) is 7.53. The second kappa shape index (κ2) is 8.46. The van der Waals surface area contributed by atoms with Gasteiger partial charge in [-0.2, -0.15) is 0 Å². The normalized spacial score (nSPS) is 11.7. The lowest BCUT2D eigenvalue weighted by Gasteiger charge is -2.20. The van der Waals surface area contributed by atoms with Crippen molar-refractivity contribution in [2.24, 2.45) is 0 Å². The Bertz CT molecular complexity index is 704. The molecule has 0 unspecified atom stereocenters. The first-order valence-corrected chi connectivity index (χ1v) is 11.0. The molecule has 2 rings (SSSR count). The maximum Gasteiger partial charge on any atom is 0.382 e. The molecule has 0 aliphatic heterocycles. The lowest BCUT2D eigenvalue weighted by atomic mass is 10.3. The highest BCUT2D eigenvalue weighted by molar-refractivity contribution is 8.07. The van der Waals surface area contributed by atoms with Crippen molar-refractivity contribution < 1.29 is 13.6 Å². The number of nitrogens with zero attached hydrogens (tertiary/aromatic N) is 3. The summed E-state index contributed by atoms with van der Waals surface area (Å²) in [6.07, 6.45) is 1.90. The fourth-order valence-corrected chi connectivity index (χ4v) is 4.43. The van der Waals surface area contributed by atoms with Crippen LogP contribution < -0.4 is 4.52 Å². The Labute approximate surface area is 149 Å². The lowest BCUT2D eigenvalue weighted by molar-refractivity contribution is 0.212. The predicted molar refractivity (Wildman–Crippen MR) is 96.3 cm³/mol. The Balaban J connectivity index is 2.44. The zero-order valence-electron chi connectivity index (χ0n) is 12.9. The number of aromatic nitrogens is 3. The fourth-order valence-electron chi connectivity index (χ4n) is 1.79. The van der Waals surface area contributed by atoms with Crippen LogP contribution in [0.4, 0.5) is 0 Å². The zero-order chi connectivity index (χ0) is 16.9. The van der Waals surface area contributed by atoms with Crippen LogP contribution in [0.5, 0.6) is 6.01 Å². The quantitative estimate of drug-likeness (QED) is 0.489. The predicted octanol–water partition coefficient (Wildman–Crippen LogP) is 4.32. The summed E-state index contributed by atoms with van der Waals surface area (Å²) < 4.78 is 18.5. The number of hydrogen-bond donors (Lipinski definition) is 0. The van der Waals surface area contributed by atoms with E-state index in [9.17, 15) is 0 Å². The first-order chi connectivity index (χ1) is 11.0. The van der Waals surface area contributed by atoms with Crippen molar-refractivity contribution in [1.29, 1.82) is 0 Å². The van der Waals surface area contributed by atoms with Gasteiger partial charge in [-0.15, -0.1) is 5.10 Å². The highest BCUT2D eigenvalue weighted by Gasteiger charge is 2.26. The van der Waals surface area contributed by atoms with Gasteiger partial charge in [0.05, 0.1) is 18.9 Å². The molecule has 0 N–H and O–H groups in total. The van der Waals surface area contributed by atoms with Crippen molar-refractivity contribution in [2.75, 3.05) is 19.5 Å². The van der Waals surface area contributed by atoms with Crippen molar-refractivity contribution in [2.45, 2.75) is 19.0 Å². The van der Waals surface area contributed by atoms with Gasteiger partial charge in [-0.25, -0.2) is 4.57 Å². The van der Waals surface area contributed by atoms with Crippen LogP contribution in [0.1, 0.15) is 13.8 Å². The molecule has 6 nitrogen and oxygen atoms in total. The van der Waals surface area contributed by atoms with Crippen LogP contribution in [0, 0.1) is 0 Å². The Morgan fingerprint density at radius 2 is 1.96 bits per heavy atom. The minimum Gasteiger partial charge on any atom is -0.389 e. The average molecular weight is 394 g/mol. The van der Waals surface area contributed by atoms with Gasteiger partial charge >= 0.3 is 12.7 Å². The molecule has 0 radical (unpaired) electrons. The van der Waals surface area contributed by atoms with E-state index in [0.717, 1.165) is 5.69 Å². The number of thioether (sulfide) groups is 1. The summed E-state index contributed by atoms with van der Waals surface area (Å²) >= 11 is 12.9. The molecule has 0 saturated heterocycles. The lowest BCUT2D eigenvalue weighted by Crippen LogP contribution is -2.06. The molecular formula is C13H17ClN3O3PS2. The van der Waals surface area contributed by atoms with E-state index in [4.69, 9.17) is 37.0 Å². The minimum absolute atomic E-state index is 0.224. The molecule has 0 fully saturated rings. The molecule has 126 valence electrons. The molecule has 2 aromatic rings. The third-order valence-corrected chi connectivity index (χ3v) is 5.88. The maximum atomic E-state index is 6.08. The van der Waals surface area contributed by atoms with Gasteiger partial charge in [-0.3, -0.25) is 9.05 Å². The largest absolute Gasteiger partial charge is 0.389 e. The zero-order valence-corrected chi connectivity index (χ0v) is 16.2. The summed E-state index contributed by atoms with van der Waals surface area (Å²) in [5.41, 5.74) is 0.774. The van der Waals surface area contributed by atoms with Gasteiger partial charge in [-0.05, 0) is 38.3 Å². The molecule has 23 heavy (non-hydrogen) atoms. The second-order valence-electron chi connectivity index (χ2n) is 4.16. The summed E-state index contributed by atoms with van der Waals surface area (Å²) in [7, 11) is 0. The van der Waals surface area contributed by atoms with E-state index >= 15 is 0 Å². The number of hydrogen-bond acceptors (Lipinski definition) is 7. The third kappa shape index (κ3) is 4.68. The van der Waals surface area contributed by atoms with Crippen molar-refractivity contribution >= 4 is 41.9 Å². The van der Waals surface area contributed by atoms with Gasteiger partial charge in [0.15, 0.2) is 5.16 Å². The molecule has 0 amide bonds. The second-order valence-corrected chi connectivity index (χ2v) is 8.30. The van der Waals surface area contributed by atoms with E-state index in [1.165, 1.54) is 11.8 Å². The van der Waals surface area contributed by atoms with Gasteiger partial charge in [0, 0.05) is 16.8 Å². The van der Waals surface area contributed by atoms with Gasteiger partial charge < -0.3 is 4.52 Å². The molecular weight excluding hydrogens is 377 g/mol. The molecule has 0 aliphatic carbocycles. The summed E-state index contributed by atoms with van der Waals surface area (Å²) in [5, 5.41) is 9.43. The molecule has 1 aromatic carbocycles. The van der Waals surface area contributed by atoms with Crippen LogP contribution in [-0.4, -0.2) is 34.2 Å². The van der Waals surface area contributed by atoms with E-state index in [0.29, 0.717) is 23.4 Å². The highest BCUT2D eigenvalue weighted by Crippen LogP contribution is 2.49. The highest BCUT2D eigenvalue weighted by atomic mass is 35.5. The van der Waals surface area contributed by atoms with Gasteiger partial charge in [0.1, 0.15) is 0 Å². The smallest absolute Gasteiger partial charge is 0.382 e. The number of benzene rings is 1. The Hall–Kier alpha value is -0.630. The molecule has 1 heterocycles. The first kappa shape index (κ1) is 18.7. The maximum absolute atomic E-state index is 6.08. The van der Waals surface area contributed by atoms with Gasteiger partial charge in [-0.1, -0.05) is 34.5 Å². The summed E-state index contributed by atoms with van der Waals surface area (Å²) in [4.78, 5) is 0. The van der Waals surface area contributed by atoms with Crippen molar-refractivity contribution in [1.82, 2.24) is 14.8 Å². The van der Waals surface area contributed by atoms with E-state index in [2.05, 4.69) is 10.2 Å². The third-order valence-electron chi connectivity index (χ3n) is 2.62. The van der Waals surface area contributed by atoms with E-state index < -0.39 is 6.72 Å². The molecule has 0 spiro atoms. The number of rotatable bonds is 8. The van der Waals surface area contributed by atoms with E-state index in [-0.39, 0.29) is 6.01 Å². The Kier molecular flexibility index (Phi) is 6.88. The topological polar surface area (TPSA) is 58.4 Å². The fraction of sp³-hybridized carbons (Fsp3) is 0.385. The van der Waals surface area contributed by atoms with Crippen molar-refractivity contribution in [3.05, 3.63) is 29.3 Å². The summed E-state index contributed by atoms with van der Waals surface area (Å²) in [5.74, 6) is 0. The number of halogens is 1. The van der Waals surface area contributed by atoms with Crippen LogP contribution in [0.2, 0.25) is 5.02 Å². The Morgan fingerprint density at radius 1 is 1.26 bits per heavy atom. The van der Waals surface area contributed by atoms with Crippen molar-refractivity contribution in [3.8, 4) is 11.7 Å². The van der Waals surface area contributed by atoms with E-state index in [1.54, 1.807) is 16.7 Å². The van der Waals surface area contributed by atoms with Gasteiger partial charge in [0.25, 0.3) is 0 Å². The standard InChI is InChI=1S/C13H17ClN3O3PS2/c1-4-18-21(22,19-5-2)20-12-15-16-13(23-3)17(12)11-8-6-7-10(14)9-11/h6-9H,4-5H2,1-3H3. The van der Waals surface area contributed by atoms with Crippen LogP contribution in [0.3, 0.4) is 0 Å². The van der Waals surface area contributed by atoms with E-state index in [1.807, 2.05) is 32.2 Å². The summed E-state index contributed by atoms with van der Waals surface area (Å²) in [6.45, 7) is 1.51. The molecule has 1 aromatic heterocycles.